The van der Waals surface area contributed by atoms with Crippen LogP contribution in [0.3, 0.4) is 0 Å². The van der Waals surface area contributed by atoms with Crippen molar-refractivity contribution in [3.8, 4) is 11.8 Å². The van der Waals surface area contributed by atoms with Gasteiger partial charge in [-0.3, -0.25) is 0 Å². The first kappa shape index (κ1) is 13.5. The Morgan fingerprint density at radius 1 is 1.56 bits per heavy atom. The number of aliphatic hydroxyl groups excluding tert-OH is 1. The second-order valence-electron chi connectivity index (χ2n) is 4.95. The van der Waals surface area contributed by atoms with Gasteiger partial charge in [-0.1, -0.05) is 19.8 Å². The summed E-state index contributed by atoms with van der Waals surface area (Å²) < 4.78 is 5.64. The number of hydrogen-bond acceptors (Lipinski definition) is 2. The number of rotatable bonds is 4. The van der Waals surface area contributed by atoms with Crippen LogP contribution in [0.15, 0.2) is 0 Å². The first-order chi connectivity index (χ1) is 7.64. The normalized spacial score (nSPS) is 31.6. The van der Waals surface area contributed by atoms with Gasteiger partial charge in [-0.05, 0) is 32.1 Å². The van der Waals surface area contributed by atoms with Gasteiger partial charge in [0.05, 0.1) is 11.7 Å². The van der Waals surface area contributed by atoms with Crippen molar-refractivity contribution >= 4 is 0 Å². The molecule has 3 unspecified atom stereocenters. The molecule has 0 saturated heterocycles. The summed E-state index contributed by atoms with van der Waals surface area (Å²) in [7, 11) is 1.73. The molecule has 0 aromatic rings. The molecule has 2 nitrogen and oxygen atoms in total. The smallest absolute Gasteiger partial charge is 0.0939 e. The van der Waals surface area contributed by atoms with E-state index >= 15 is 0 Å². The van der Waals surface area contributed by atoms with Gasteiger partial charge >= 0.3 is 0 Å². The first-order valence-corrected chi connectivity index (χ1v) is 6.27. The molecule has 1 aliphatic carbocycles. The van der Waals surface area contributed by atoms with E-state index in [0.717, 1.165) is 32.1 Å². The van der Waals surface area contributed by atoms with Crippen molar-refractivity contribution in [2.45, 2.75) is 64.1 Å². The summed E-state index contributed by atoms with van der Waals surface area (Å²) >= 11 is 0. The maximum absolute atomic E-state index is 10.3. The van der Waals surface area contributed by atoms with E-state index in [9.17, 15) is 5.11 Å². The maximum atomic E-state index is 10.3. The predicted molar refractivity (Wildman–Crippen MR) is 66.1 cm³/mol. The molecule has 0 aromatic carbocycles. The van der Waals surface area contributed by atoms with Crippen molar-refractivity contribution in [1.82, 2.24) is 0 Å². The van der Waals surface area contributed by atoms with Gasteiger partial charge in [0, 0.05) is 13.5 Å². The molecule has 1 saturated carbocycles. The Morgan fingerprint density at radius 2 is 2.31 bits per heavy atom. The lowest BCUT2D eigenvalue weighted by Crippen LogP contribution is -2.47. The van der Waals surface area contributed by atoms with Crippen molar-refractivity contribution in [1.29, 1.82) is 0 Å². The van der Waals surface area contributed by atoms with Crippen LogP contribution in [0.4, 0.5) is 0 Å². The molecule has 0 aromatic heterocycles. The van der Waals surface area contributed by atoms with Gasteiger partial charge in [0.15, 0.2) is 0 Å². The second-order valence-corrected chi connectivity index (χ2v) is 4.95. The minimum absolute atomic E-state index is 0.312. The number of methoxy groups -OCH3 is 1. The van der Waals surface area contributed by atoms with Crippen LogP contribution < -0.4 is 0 Å². The largest absolute Gasteiger partial charge is 0.390 e. The highest BCUT2D eigenvalue weighted by molar-refractivity contribution is 4.98. The van der Waals surface area contributed by atoms with Crippen LogP contribution in [-0.2, 0) is 4.74 Å². The number of aliphatic hydroxyl groups is 1. The third-order valence-electron chi connectivity index (χ3n) is 3.72. The molecule has 0 bridgehead atoms. The lowest BCUT2D eigenvalue weighted by Gasteiger charge is -2.42. The zero-order valence-electron chi connectivity index (χ0n) is 10.8. The van der Waals surface area contributed by atoms with Gasteiger partial charge in [0.25, 0.3) is 0 Å². The van der Waals surface area contributed by atoms with E-state index in [0.29, 0.717) is 5.92 Å². The fourth-order valence-electron chi connectivity index (χ4n) is 2.76. The first-order valence-electron chi connectivity index (χ1n) is 6.27. The molecular weight excluding hydrogens is 200 g/mol. The molecule has 1 fully saturated rings. The Hall–Kier alpha value is -0.520. The van der Waals surface area contributed by atoms with Crippen LogP contribution in [0.25, 0.3) is 0 Å². The zero-order valence-corrected chi connectivity index (χ0v) is 10.8. The van der Waals surface area contributed by atoms with E-state index in [1.807, 2.05) is 6.92 Å². The van der Waals surface area contributed by atoms with E-state index < -0.39 is 0 Å². The quantitative estimate of drug-likeness (QED) is 0.744. The van der Waals surface area contributed by atoms with Crippen molar-refractivity contribution in [3.05, 3.63) is 0 Å². The van der Waals surface area contributed by atoms with Gasteiger partial charge in [0.1, 0.15) is 0 Å². The molecule has 0 heterocycles. The molecular formula is C14H24O2. The Balaban J connectivity index is 2.58. The summed E-state index contributed by atoms with van der Waals surface area (Å²) in [6, 6.07) is 0. The zero-order chi connectivity index (χ0) is 12.0. The van der Waals surface area contributed by atoms with Crippen LogP contribution in [0, 0.1) is 17.8 Å². The Morgan fingerprint density at radius 3 is 2.88 bits per heavy atom. The Bertz CT molecular complexity index is 264. The third kappa shape index (κ3) is 3.23. The van der Waals surface area contributed by atoms with Gasteiger partial charge in [-0.15, -0.1) is 11.8 Å². The topological polar surface area (TPSA) is 29.5 Å². The van der Waals surface area contributed by atoms with E-state index in [-0.39, 0.29) is 11.7 Å². The van der Waals surface area contributed by atoms with Gasteiger partial charge in [0.2, 0.25) is 0 Å². The fourth-order valence-corrected chi connectivity index (χ4v) is 2.76. The molecule has 92 valence electrons. The predicted octanol–water partition coefficient (Wildman–Crippen LogP) is 2.75. The standard InChI is InChI=1S/C14H24O2/c1-4-5-6-9-13(15)14(16-3)10-7-8-12(2)11-14/h12-13,15H,6-11H2,1-3H3. The fraction of sp³-hybridized carbons (Fsp3) is 0.857. The molecule has 0 radical (unpaired) electrons. The van der Waals surface area contributed by atoms with Crippen LogP contribution in [0.1, 0.15) is 52.4 Å². The number of hydrogen-bond donors (Lipinski definition) is 1. The van der Waals surface area contributed by atoms with E-state index in [1.54, 1.807) is 7.11 Å². The average Bonchev–Trinajstić information content (AvgIpc) is 2.29. The Labute approximate surface area is 99.4 Å². The minimum atomic E-state index is -0.374. The summed E-state index contributed by atoms with van der Waals surface area (Å²) in [5.74, 6) is 6.52. The molecule has 3 atom stereocenters. The highest BCUT2D eigenvalue weighted by Crippen LogP contribution is 2.38. The second kappa shape index (κ2) is 6.27. The maximum Gasteiger partial charge on any atom is 0.0939 e. The summed E-state index contributed by atoms with van der Waals surface area (Å²) in [6.45, 7) is 4.08. The summed E-state index contributed by atoms with van der Waals surface area (Å²) in [5, 5.41) is 10.3. The lowest BCUT2D eigenvalue weighted by molar-refractivity contribution is -0.133. The summed E-state index contributed by atoms with van der Waals surface area (Å²) in [5.41, 5.74) is -0.312. The van der Waals surface area contributed by atoms with Gasteiger partial charge in [-0.25, -0.2) is 0 Å². The highest BCUT2D eigenvalue weighted by atomic mass is 16.5. The van der Waals surface area contributed by atoms with E-state index in [2.05, 4.69) is 18.8 Å². The van der Waals surface area contributed by atoms with Crippen molar-refractivity contribution < 1.29 is 9.84 Å². The van der Waals surface area contributed by atoms with E-state index in [1.165, 1.54) is 6.42 Å². The van der Waals surface area contributed by atoms with E-state index in [4.69, 9.17) is 4.74 Å². The molecule has 16 heavy (non-hydrogen) atoms. The summed E-state index contributed by atoms with van der Waals surface area (Å²) in [4.78, 5) is 0. The molecule has 2 heteroatoms. The summed E-state index contributed by atoms with van der Waals surface area (Å²) in [6.07, 6.45) is 5.48. The van der Waals surface area contributed by atoms with Crippen LogP contribution in [0.2, 0.25) is 0 Å². The Kier molecular flexibility index (Phi) is 5.31. The molecule has 1 N–H and O–H groups in total. The van der Waals surface area contributed by atoms with Crippen LogP contribution >= 0.6 is 0 Å². The van der Waals surface area contributed by atoms with Crippen molar-refractivity contribution in [3.63, 3.8) is 0 Å². The highest BCUT2D eigenvalue weighted by Gasteiger charge is 2.40. The molecule has 1 rings (SSSR count). The lowest BCUT2D eigenvalue weighted by atomic mass is 9.74. The third-order valence-corrected chi connectivity index (χ3v) is 3.72. The average molecular weight is 224 g/mol. The van der Waals surface area contributed by atoms with Crippen LogP contribution in [0.5, 0.6) is 0 Å². The van der Waals surface area contributed by atoms with Crippen molar-refractivity contribution in [2.24, 2.45) is 5.92 Å². The minimum Gasteiger partial charge on any atom is -0.390 e. The number of ether oxygens (including phenoxy) is 1. The monoisotopic (exact) mass is 224 g/mol. The SMILES string of the molecule is CC#CCCC(O)C1(OC)CCCC(C)C1. The van der Waals surface area contributed by atoms with Crippen LogP contribution in [-0.4, -0.2) is 23.9 Å². The van der Waals surface area contributed by atoms with Gasteiger partial charge < -0.3 is 9.84 Å². The van der Waals surface area contributed by atoms with Gasteiger partial charge in [-0.2, -0.15) is 0 Å². The molecule has 1 aliphatic rings. The molecule has 0 amide bonds. The van der Waals surface area contributed by atoms with Crippen molar-refractivity contribution in [2.75, 3.05) is 7.11 Å². The molecule has 0 spiro atoms. The molecule has 0 aliphatic heterocycles.